The predicted molar refractivity (Wildman–Crippen MR) is 102 cm³/mol. The maximum Gasteiger partial charge on any atom is 0.264 e. The number of hydrogen-bond acceptors (Lipinski definition) is 4. The van der Waals surface area contributed by atoms with Gasteiger partial charge < -0.3 is 0 Å². The molecule has 2 aromatic carbocycles. The fourth-order valence-electron chi connectivity index (χ4n) is 2.59. The molecule has 136 valence electrons. The lowest BCUT2D eigenvalue weighted by molar-refractivity contribution is 0.600. The Bertz CT molecular complexity index is 992. The van der Waals surface area contributed by atoms with Crippen LogP contribution < -0.4 is 4.72 Å². The van der Waals surface area contributed by atoms with E-state index in [1.165, 1.54) is 6.33 Å². The summed E-state index contributed by atoms with van der Waals surface area (Å²) >= 11 is 0. The summed E-state index contributed by atoms with van der Waals surface area (Å²) in [6, 6.07) is 14.8. The largest absolute Gasteiger partial charge is 0.264 e. The Labute approximate surface area is 154 Å². The SMILES string of the molecule is Cc1ccccc1Cn1cnc(NS(=O)(=O)c2ccc(C(C)C)cc2)n1. The first-order valence-electron chi connectivity index (χ1n) is 8.42. The second-order valence-electron chi connectivity index (χ2n) is 6.52. The zero-order valence-electron chi connectivity index (χ0n) is 15.0. The summed E-state index contributed by atoms with van der Waals surface area (Å²) in [5.41, 5.74) is 3.34. The van der Waals surface area contributed by atoms with Crippen LogP contribution in [0.25, 0.3) is 0 Å². The smallest absolute Gasteiger partial charge is 0.246 e. The van der Waals surface area contributed by atoms with Gasteiger partial charge in [0.2, 0.25) is 0 Å². The van der Waals surface area contributed by atoms with E-state index in [0.717, 1.165) is 16.7 Å². The van der Waals surface area contributed by atoms with Crippen LogP contribution in [-0.4, -0.2) is 23.2 Å². The van der Waals surface area contributed by atoms with Gasteiger partial charge in [-0.3, -0.25) is 0 Å². The minimum atomic E-state index is -3.71. The van der Waals surface area contributed by atoms with Crippen molar-refractivity contribution >= 4 is 16.0 Å². The molecule has 0 atom stereocenters. The lowest BCUT2D eigenvalue weighted by Gasteiger charge is -2.08. The van der Waals surface area contributed by atoms with E-state index in [9.17, 15) is 8.42 Å². The Hall–Kier alpha value is -2.67. The van der Waals surface area contributed by atoms with Gasteiger partial charge in [0, 0.05) is 0 Å². The number of nitrogens with zero attached hydrogens (tertiary/aromatic N) is 3. The molecule has 6 nitrogen and oxygen atoms in total. The third-order valence-corrected chi connectivity index (χ3v) is 5.56. The maximum absolute atomic E-state index is 12.5. The van der Waals surface area contributed by atoms with Gasteiger partial charge in [0.25, 0.3) is 16.0 Å². The van der Waals surface area contributed by atoms with Gasteiger partial charge in [-0.1, -0.05) is 50.2 Å². The van der Waals surface area contributed by atoms with Crippen molar-refractivity contribution in [1.29, 1.82) is 0 Å². The van der Waals surface area contributed by atoms with Gasteiger partial charge >= 0.3 is 0 Å². The molecule has 0 bridgehead atoms. The van der Waals surface area contributed by atoms with E-state index >= 15 is 0 Å². The van der Waals surface area contributed by atoms with Crippen LogP contribution >= 0.6 is 0 Å². The molecule has 0 saturated carbocycles. The number of hydrogen-bond donors (Lipinski definition) is 1. The molecule has 0 aliphatic carbocycles. The monoisotopic (exact) mass is 370 g/mol. The van der Waals surface area contributed by atoms with Crippen LogP contribution in [0.2, 0.25) is 0 Å². The third kappa shape index (κ3) is 4.11. The number of rotatable bonds is 6. The normalized spacial score (nSPS) is 11.7. The molecule has 0 fully saturated rings. The first-order chi connectivity index (χ1) is 12.3. The first-order valence-corrected chi connectivity index (χ1v) is 9.90. The van der Waals surface area contributed by atoms with Crippen molar-refractivity contribution in [1.82, 2.24) is 14.8 Å². The van der Waals surface area contributed by atoms with E-state index in [-0.39, 0.29) is 10.8 Å². The number of aromatic nitrogens is 3. The van der Waals surface area contributed by atoms with Crippen LogP contribution in [0.4, 0.5) is 5.95 Å². The van der Waals surface area contributed by atoms with Crippen molar-refractivity contribution in [3.05, 3.63) is 71.5 Å². The molecule has 0 aliphatic heterocycles. The van der Waals surface area contributed by atoms with Crippen molar-refractivity contribution in [2.75, 3.05) is 4.72 Å². The van der Waals surface area contributed by atoms with Crippen molar-refractivity contribution in [3.8, 4) is 0 Å². The molecule has 0 aliphatic rings. The van der Waals surface area contributed by atoms with Gasteiger partial charge in [0.1, 0.15) is 6.33 Å². The second kappa shape index (κ2) is 7.29. The Morgan fingerprint density at radius 2 is 1.77 bits per heavy atom. The molecular weight excluding hydrogens is 348 g/mol. The van der Waals surface area contributed by atoms with E-state index < -0.39 is 10.0 Å². The number of aryl methyl sites for hydroxylation is 1. The van der Waals surface area contributed by atoms with Crippen molar-refractivity contribution in [3.63, 3.8) is 0 Å². The van der Waals surface area contributed by atoms with E-state index in [4.69, 9.17) is 0 Å². The van der Waals surface area contributed by atoms with Gasteiger partial charge in [-0.15, -0.1) is 5.10 Å². The lowest BCUT2D eigenvalue weighted by atomic mass is 10.0. The topological polar surface area (TPSA) is 76.9 Å². The van der Waals surface area contributed by atoms with E-state index in [0.29, 0.717) is 12.5 Å². The van der Waals surface area contributed by atoms with Gasteiger partial charge in [0.15, 0.2) is 0 Å². The summed E-state index contributed by atoms with van der Waals surface area (Å²) in [7, 11) is -3.71. The standard InChI is InChI=1S/C19H22N4O2S/c1-14(2)16-8-10-18(11-9-16)26(24,25)22-19-20-13-23(21-19)12-17-7-5-4-6-15(17)3/h4-11,13-14H,12H2,1-3H3,(H,21,22). The number of anilines is 1. The minimum Gasteiger partial charge on any atom is -0.246 e. The highest BCUT2D eigenvalue weighted by atomic mass is 32.2. The van der Waals surface area contributed by atoms with E-state index in [2.05, 4.69) is 28.7 Å². The Kier molecular flexibility index (Phi) is 5.08. The molecule has 1 aromatic heterocycles. The van der Waals surface area contributed by atoms with Gasteiger partial charge in [-0.25, -0.2) is 17.8 Å². The summed E-state index contributed by atoms with van der Waals surface area (Å²) in [5.74, 6) is 0.407. The summed E-state index contributed by atoms with van der Waals surface area (Å²) in [6.45, 7) is 6.68. The molecule has 7 heteroatoms. The van der Waals surface area contributed by atoms with Crippen LogP contribution in [0, 0.1) is 6.92 Å². The van der Waals surface area contributed by atoms with Crippen molar-refractivity contribution < 1.29 is 8.42 Å². The van der Waals surface area contributed by atoms with Crippen LogP contribution in [0.15, 0.2) is 59.8 Å². The molecule has 3 aromatic rings. The number of nitrogens with one attached hydrogen (secondary N) is 1. The fraction of sp³-hybridized carbons (Fsp3) is 0.263. The molecule has 0 amide bonds. The average Bonchev–Trinajstić information content (AvgIpc) is 3.03. The number of sulfonamides is 1. The lowest BCUT2D eigenvalue weighted by Crippen LogP contribution is -2.14. The summed E-state index contributed by atoms with van der Waals surface area (Å²) in [4.78, 5) is 4.25. The van der Waals surface area contributed by atoms with Gasteiger partial charge in [0.05, 0.1) is 11.4 Å². The zero-order chi connectivity index (χ0) is 18.7. The minimum absolute atomic E-state index is 0.0616. The molecule has 0 radical (unpaired) electrons. The Morgan fingerprint density at radius 1 is 1.08 bits per heavy atom. The molecule has 1 N–H and O–H groups in total. The zero-order valence-corrected chi connectivity index (χ0v) is 15.9. The predicted octanol–water partition coefficient (Wildman–Crippen LogP) is 3.56. The fourth-order valence-corrected chi connectivity index (χ4v) is 3.54. The third-order valence-electron chi connectivity index (χ3n) is 4.21. The molecule has 0 unspecified atom stereocenters. The highest BCUT2D eigenvalue weighted by molar-refractivity contribution is 7.92. The first kappa shape index (κ1) is 18.1. The van der Waals surface area contributed by atoms with Crippen molar-refractivity contribution in [2.45, 2.75) is 38.1 Å². The van der Waals surface area contributed by atoms with Crippen LogP contribution in [0.3, 0.4) is 0 Å². The van der Waals surface area contributed by atoms with Crippen LogP contribution in [0.1, 0.15) is 36.5 Å². The van der Waals surface area contributed by atoms with Crippen LogP contribution in [0.5, 0.6) is 0 Å². The van der Waals surface area contributed by atoms with E-state index in [1.807, 2.05) is 43.3 Å². The van der Waals surface area contributed by atoms with Gasteiger partial charge in [-0.2, -0.15) is 4.98 Å². The highest BCUT2D eigenvalue weighted by Gasteiger charge is 2.17. The molecule has 26 heavy (non-hydrogen) atoms. The summed E-state index contributed by atoms with van der Waals surface area (Å²) < 4.78 is 29.1. The maximum atomic E-state index is 12.5. The molecule has 3 rings (SSSR count). The van der Waals surface area contributed by atoms with Gasteiger partial charge in [-0.05, 0) is 41.7 Å². The second-order valence-corrected chi connectivity index (χ2v) is 8.20. The molecular formula is C19H22N4O2S. The summed E-state index contributed by atoms with van der Waals surface area (Å²) in [6.07, 6.45) is 1.52. The Morgan fingerprint density at radius 3 is 2.42 bits per heavy atom. The number of benzene rings is 2. The Balaban J connectivity index is 1.74. The summed E-state index contributed by atoms with van der Waals surface area (Å²) in [5, 5.41) is 4.22. The quantitative estimate of drug-likeness (QED) is 0.720. The molecule has 1 heterocycles. The molecule has 0 spiro atoms. The van der Waals surface area contributed by atoms with Crippen LogP contribution in [-0.2, 0) is 16.6 Å². The van der Waals surface area contributed by atoms with Crippen molar-refractivity contribution in [2.24, 2.45) is 0 Å². The highest BCUT2D eigenvalue weighted by Crippen LogP contribution is 2.19. The van der Waals surface area contributed by atoms with E-state index in [1.54, 1.807) is 16.8 Å². The molecule has 0 saturated heterocycles. The average molecular weight is 370 g/mol.